The number of hydrogen-bond donors (Lipinski definition) is 1. The number of benzene rings is 1. The topological polar surface area (TPSA) is 37.3 Å². The van der Waals surface area contributed by atoms with Crippen molar-refractivity contribution < 1.29 is 9.90 Å². The van der Waals surface area contributed by atoms with Gasteiger partial charge in [-0.15, -0.1) is 0 Å². The molecule has 0 saturated heterocycles. The number of halogens is 1. The van der Waals surface area contributed by atoms with E-state index in [9.17, 15) is 4.79 Å². The van der Waals surface area contributed by atoms with Gasteiger partial charge in [0.1, 0.15) is 0 Å². The largest absolute Gasteiger partial charge is 0.481 e. The monoisotopic (exact) mass is 340 g/mol. The van der Waals surface area contributed by atoms with Crippen molar-refractivity contribution in [1.82, 2.24) is 0 Å². The van der Waals surface area contributed by atoms with Gasteiger partial charge in [-0.2, -0.15) is 0 Å². The fraction of sp³-hybridized carbons (Fsp3) is 0.588. The Balaban J connectivity index is 1.94. The maximum atomic E-state index is 10.4. The highest BCUT2D eigenvalue weighted by Gasteiger charge is 2.05. The van der Waals surface area contributed by atoms with Gasteiger partial charge in [0.15, 0.2) is 0 Å². The second-order valence-electron chi connectivity index (χ2n) is 5.34. The molecule has 0 aliphatic carbocycles. The summed E-state index contributed by atoms with van der Waals surface area (Å²) in [5.41, 5.74) is 1.39. The van der Waals surface area contributed by atoms with Gasteiger partial charge in [-0.05, 0) is 24.8 Å². The summed E-state index contributed by atoms with van der Waals surface area (Å²) >= 11 is 3.76. The SMILES string of the molecule is O=C(O)CCCCCCCCC(Br)Cc1ccccc1. The highest BCUT2D eigenvalue weighted by Crippen LogP contribution is 2.17. The first-order chi connectivity index (χ1) is 9.68. The molecule has 0 fully saturated rings. The zero-order valence-electron chi connectivity index (χ0n) is 12.1. The molecule has 112 valence electrons. The first-order valence-electron chi connectivity index (χ1n) is 7.58. The van der Waals surface area contributed by atoms with Gasteiger partial charge in [0.25, 0.3) is 0 Å². The zero-order valence-corrected chi connectivity index (χ0v) is 13.6. The van der Waals surface area contributed by atoms with Gasteiger partial charge in [0, 0.05) is 11.2 Å². The van der Waals surface area contributed by atoms with Crippen LogP contribution in [-0.4, -0.2) is 15.9 Å². The van der Waals surface area contributed by atoms with Crippen molar-refractivity contribution in [2.45, 2.75) is 62.6 Å². The normalized spacial score (nSPS) is 12.2. The van der Waals surface area contributed by atoms with Gasteiger partial charge < -0.3 is 5.11 Å². The van der Waals surface area contributed by atoms with Crippen LogP contribution in [0.5, 0.6) is 0 Å². The average molecular weight is 341 g/mol. The summed E-state index contributed by atoms with van der Waals surface area (Å²) in [6, 6.07) is 10.6. The maximum Gasteiger partial charge on any atom is 0.303 e. The summed E-state index contributed by atoms with van der Waals surface area (Å²) in [6.07, 6.45) is 9.40. The molecule has 0 spiro atoms. The molecular weight excluding hydrogens is 316 g/mol. The molecule has 0 radical (unpaired) electrons. The van der Waals surface area contributed by atoms with E-state index in [4.69, 9.17) is 5.11 Å². The van der Waals surface area contributed by atoms with E-state index in [0.717, 1.165) is 19.3 Å². The van der Waals surface area contributed by atoms with Crippen molar-refractivity contribution in [1.29, 1.82) is 0 Å². The lowest BCUT2D eigenvalue weighted by molar-refractivity contribution is -0.137. The summed E-state index contributed by atoms with van der Waals surface area (Å²) in [5.74, 6) is -0.673. The third-order valence-electron chi connectivity index (χ3n) is 3.46. The first-order valence-corrected chi connectivity index (χ1v) is 8.50. The van der Waals surface area contributed by atoms with Gasteiger partial charge in [-0.1, -0.05) is 78.4 Å². The van der Waals surface area contributed by atoms with E-state index in [0.29, 0.717) is 11.2 Å². The van der Waals surface area contributed by atoms with E-state index in [1.54, 1.807) is 0 Å². The number of aliphatic carboxylic acids is 1. The van der Waals surface area contributed by atoms with E-state index < -0.39 is 5.97 Å². The number of unbranched alkanes of at least 4 members (excludes halogenated alkanes) is 5. The molecule has 0 bridgehead atoms. The van der Waals surface area contributed by atoms with Gasteiger partial charge in [-0.25, -0.2) is 0 Å². The van der Waals surface area contributed by atoms with Crippen LogP contribution in [0.15, 0.2) is 30.3 Å². The second-order valence-corrected chi connectivity index (χ2v) is 6.64. The second kappa shape index (κ2) is 10.9. The van der Waals surface area contributed by atoms with Crippen LogP contribution >= 0.6 is 15.9 Å². The number of hydrogen-bond acceptors (Lipinski definition) is 1. The van der Waals surface area contributed by atoms with Gasteiger partial charge in [0.2, 0.25) is 0 Å². The van der Waals surface area contributed by atoms with Crippen LogP contribution in [-0.2, 0) is 11.2 Å². The van der Waals surface area contributed by atoms with Crippen LogP contribution in [0, 0.1) is 0 Å². The summed E-state index contributed by atoms with van der Waals surface area (Å²) in [4.78, 5) is 10.9. The molecule has 0 aromatic heterocycles. The van der Waals surface area contributed by atoms with E-state index >= 15 is 0 Å². The van der Waals surface area contributed by atoms with Crippen molar-refractivity contribution >= 4 is 21.9 Å². The smallest absolute Gasteiger partial charge is 0.303 e. The summed E-state index contributed by atoms with van der Waals surface area (Å²) in [6.45, 7) is 0. The van der Waals surface area contributed by atoms with Gasteiger partial charge in [-0.3, -0.25) is 4.79 Å². The lowest BCUT2D eigenvalue weighted by atomic mass is 10.0. The van der Waals surface area contributed by atoms with Crippen molar-refractivity contribution in [2.24, 2.45) is 0 Å². The Kier molecular flexibility index (Phi) is 9.38. The lowest BCUT2D eigenvalue weighted by Gasteiger charge is -2.09. The average Bonchev–Trinajstić information content (AvgIpc) is 2.42. The van der Waals surface area contributed by atoms with Crippen LogP contribution in [0.25, 0.3) is 0 Å². The predicted molar refractivity (Wildman–Crippen MR) is 87.4 cm³/mol. The van der Waals surface area contributed by atoms with E-state index in [1.165, 1.54) is 37.7 Å². The molecule has 0 saturated carbocycles. The molecule has 3 heteroatoms. The van der Waals surface area contributed by atoms with Crippen LogP contribution in [0.3, 0.4) is 0 Å². The molecule has 0 amide bonds. The molecule has 0 aliphatic rings. The third kappa shape index (κ3) is 9.13. The van der Waals surface area contributed by atoms with Crippen molar-refractivity contribution in [3.05, 3.63) is 35.9 Å². The number of carboxylic acids is 1. The molecule has 2 nitrogen and oxygen atoms in total. The minimum atomic E-state index is -0.673. The number of carbonyl (C=O) groups is 1. The molecule has 1 rings (SSSR count). The molecule has 1 aromatic carbocycles. The van der Waals surface area contributed by atoms with Crippen LogP contribution in [0.1, 0.15) is 56.9 Å². The Bertz CT molecular complexity index is 365. The van der Waals surface area contributed by atoms with E-state index in [2.05, 4.69) is 46.3 Å². The fourth-order valence-corrected chi connectivity index (χ4v) is 3.02. The van der Waals surface area contributed by atoms with Crippen molar-refractivity contribution in [3.63, 3.8) is 0 Å². The van der Waals surface area contributed by atoms with E-state index in [-0.39, 0.29) is 0 Å². The minimum absolute atomic E-state index is 0.320. The number of alkyl halides is 1. The lowest BCUT2D eigenvalue weighted by Crippen LogP contribution is -2.02. The zero-order chi connectivity index (χ0) is 14.6. The molecule has 1 atom stereocenters. The molecule has 1 aromatic rings. The Morgan fingerprint density at radius 2 is 1.60 bits per heavy atom. The summed E-state index contributed by atoms with van der Waals surface area (Å²) in [5, 5.41) is 8.53. The molecule has 20 heavy (non-hydrogen) atoms. The number of carboxylic acid groups (broad SMARTS) is 1. The molecular formula is C17H25BrO2. The molecule has 0 heterocycles. The van der Waals surface area contributed by atoms with Crippen LogP contribution < -0.4 is 0 Å². The van der Waals surface area contributed by atoms with Crippen LogP contribution in [0.2, 0.25) is 0 Å². The third-order valence-corrected chi connectivity index (χ3v) is 4.24. The molecule has 1 N–H and O–H groups in total. The van der Waals surface area contributed by atoms with Gasteiger partial charge >= 0.3 is 5.97 Å². The maximum absolute atomic E-state index is 10.4. The Morgan fingerprint density at radius 1 is 1.00 bits per heavy atom. The van der Waals surface area contributed by atoms with Crippen molar-refractivity contribution in [3.8, 4) is 0 Å². The fourth-order valence-electron chi connectivity index (χ4n) is 2.32. The Morgan fingerprint density at radius 3 is 2.25 bits per heavy atom. The highest BCUT2D eigenvalue weighted by molar-refractivity contribution is 9.09. The van der Waals surface area contributed by atoms with Gasteiger partial charge in [0.05, 0.1) is 0 Å². The first kappa shape index (κ1) is 17.2. The highest BCUT2D eigenvalue weighted by atomic mass is 79.9. The Labute approximate surface area is 130 Å². The standard InChI is InChI=1S/C17H25BrO2/c18-16(14-15-10-6-5-7-11-15)12-8-3-1-2-4-9-13-17(19)20/h5-7,10-11,16H,1-4,8-9,12-14H2,(H,19,20). The minimum Gasteiger partial charge on any atom is -0.481 e. The Hall–Kier alpha value is -0.830. The summed E-state index contributed by atoms with van der Waals surface area (Å²) < 4.78 is 0. The molecule has 0 aliphatic heterocycles. The quantitative estimate of drug-likeness (QED) is 0.444. The predicted octanol–water partition coefficient (Wildman–Crippen LogP) is 5.20. The van der Waals surface area contributed by atoms with Crippen LogP contribution in [0.4, 0.5) is 0 Å². The van der Waals surface area contributed by atoms with Crippen molar-refractivity contribution in [2.75, 3.05) is 0 Å². The molecule has 1 unspecified atom stereocenters. The summed E-state index contributed by atoms with van der Waals surface area (Å²) in [7, 11) is 0. The van der Waals surface area contributed by atoms with E-state index in [1.807, 2.05) is 0 Å². The number of rotatable bonds is 11.